The Hall–Kier alpha value is -0.559. The Morgan fingerprint density at radius 2 is 0.840 bits per heavy atom. The van der Waals surface area contributed by atoms with Crippen molar-refractivity contribution in [1.29, 1.82) is 0 Å². The van der Waals surface area contributed by atoms with Crippen LogP contribution in [0.4, 0.5) is 0 Å². The maximum Gasteiger partial charge on any atom is 2.00 e. The third-order valence-electron chi connectivity index (χ3n) is 11.0. The Balaban J connectivity index is 0.000000824. The summed E-state index contributed by atoms with van der Waals surface area (Å²) in [5, 5.41) is 0. The van der Waals surface area contributed by atoms with Crippen LogP contribution in [-0.4, -0.2) is 62.1 Å². The van der Waals surface area contributed by atoms with Gasteiger partial charge >= 0.3 is 45.5 Å². The van der Waals surface area contributed by atoms with Crippen molar-refractivity contribution < 1.29 is 4.74 Å². The van der Waals surface area contributed by atoms with Crippen LogP contribution in [0.2, 0.25) is 0 Å². The molecule has 3 rings (SSSR count). The summed E-state index contributed by atoms with van der Waals surface area (Å²) in [5.41, 5.74) is 5.47. The molecule has 5 nitrogen and oxygen atoms in total. The summed E-state index contributed by atoms with van der Waals surface area (Å²) >= 11 is 0. The Labute approximate surface area is 348 Å². The van der Waals surface area contributed by atoms with Gasteiger partial charge in [0, 0.05) is 6.42 Å². The Kier molecular flexibility index (Phi) is 20.5. The van der Waals surface area contributed by atoms with E-state index >= 15 is 0 Å². The second kappa shape index (κ2) is 20.8. The molecule has 0 amide bonds. The molecule has 2 aromatic heterocycles. The minimum atomic E-state index is 0. The van der Waals surface area contributed by atoms with Gasteiger partial charge in [-0.25, -0.2) is 0 Å². The largest absolute Gasteiger partial charge is 2.00 e. The summed E-state index contributed by atoms with van der Waals surface area (Å²) in [4.78, 5) is 20.3. The summed E-state index contributed by atoms with van der Waals surface area (Å²) < 4.78 is 4.76. The predicted octanol–water partition coefficient (Wildman–Crippen LogP) is 12.3. The van der Waals surface area contributed by atoms with Gasteiger partial charge in [-0.1, -0.05) is 185 Å². The van der Waals surface area contributed by atoms with E-state index in [4.69, 9.17) is 24.7 Å². The fourth-order valence-electron chi connectivity index (χ4n) is 6.81. The van der Waals surface area contributed by atoms with E-state index in [1.54, 1.807) is 6.26 Å². The van der Waals surface area contributed by atoms with Crippen LogP contribution in [0, 0.1) is 0 Å². The van der Waals surface area contributed by atoms with Crippen molar-refractivity contribution in [1.82, 2.24) is 19.9 Å². The van der Waals surface area contributed by atoms with E-state index in [0.29, 0.717) is 0 Å². The van der Waals surface area contributed by atoms with E-state index in [0.717, 1.165) is 63.2 Å². The first kappa shape index (κ1) is 49.4. The van der Waals surface area contributed by atoms with Gasteiger partial charge < -0.3 is 24.7 Å². The van der Waals surface area contributed by atoms with E-state index in [9.17, 15) is 0 Å². The molecule has 0 spiro atoms. The summed E-state index contributed by atoms with van der Waals surface area (Å²) in [6.45, 7) is 42.0. The number of hydrogen-bond acceptors (Lipinski definition) is 3. The number of hydrogen-bond donors (Lipinski definition) is 0. The molecule has 0 radical (unpaired) electrons. The van der Waals surface area contributed by atoms with E-state index in [1.165, 1.54) is 48.5 Å². The fourth-order valence-corrected chi connectivity index (χ4v) is 6.81. The molecule has 0 saturated carbocycles. The Morgan fingerprint density at radius 1 is 0.520 bits per heavy atom. The third kappa shape index (κ3) is 13.7. The van der Waals surface area contributed by atoms with Crippen LogP contribution in [0.25, 0.3) is 0 Å². The molecule has 0 atom stereocenters. The number of ether oxygens (including phenoxy) is 1. The van der Waals surface area contributed by atoms with Gasteiger partial charge in [0.2, 0.25) is 0 Å². The van der Waals surface area contributed by atoms with E-state index < -0.39 is 0 Å². The number of nitrogens with zero attached hydrogens (tertiary/aromatic N) is 4. The van der Waals surface area contributed by atoms with E-state index in [1.807, 2.05) is 6.08 Å². The Morgan fingerprint density at radius 3 is 1.06 bits per heavy atom. The summed E-state index contributed by atoms with van der Waals surface area (Å²) in [5.74, 6) is 2.07. The van der Waals surface area contributed by atoms with Crippen molar-refractivity contribution in [3.8, 4) is 0 Å². The van der Waals surface area contributed by atoms with Crippen LogP contribution in [0.3, 0.4) is 0 Å². The first-order chi connectivity index (χ1) is 22.5. The van der Waals surface area contributed by atoms with E-state index in [-0.39, 0.29) is 78.0 Å². The van der Waals surface area contributed by atoms with E-state index in [2.05, 4.69) is 125 Å². The van der Waals surface area contributed by atoms with Gasteiger partial charge in [0.05, 0.1) is 12.9 Å². The second-order valence-electron chi connectivity index (χ2n) is 18.5. The molecule has 0 aliphatic carbocycles. The van der Waals surface area contributed by atoms with Crippen LogP contribution >= 0.6 is 0 Å². The van der Waals surface area contributed by atoms with Crippen LogP contribution in [-0.2, 0) is 37.2 Å². The van der Waals surface area contributed by atoms with Crippen molar-refractivity contribution in [3.05, 3.63) is 46.8 Å². The SMILES string of the molecule is C1=COCC1.CCCC(C)(C)c1nc(C(C)(C)CC)[n-]c1C(C)(C)CCC.CCCC(C)(C)c1nc(C(C)(C)CC)[n-]c1C(C)(C)CCC.[Sr+2]. The zero-order chi connectivity index (χ0) is 37.9. The predicted molar refractivity (Wildman–Crippen MR) is 219 cm³/mol. The second-order valence-corrected chi connectivity index (χ2v) is 18.5. The van der Waals surface area contributed by atoms with Gasteiger partial charge in [0.15, 0.2) is 0 Å². The number of rotatable bonds is 16. The van der Waals surface area contributed by atoms with Gasteiger partial charge in [-0.15, -0.1) is 0 Å². The van der Waals surface area contributed by atoms with Crippen LogP contribution in [0.1, 0.15) is 230 Å². The molecule has 0 saturated heterocycles. The zero-order valence-corrected chi connectivity index (χ0v) is 40.0. The molecule has 0 fully saturated rings. The first-order valence-electron chi connectivity index (χ1n) is 19.9. The van der Waals surface area contributed by atoms with Crippen molar-refractivity contribution in [2.75, 3.05) is 6.61 Å². The molecule has 6 heteroatoms. The molecule has 284 valence electrons. The van der Waals surface area contributed by atoms with Crippen LogP contribution in [0.15, 0.2) is 12.3 Å². The molecule has 1 aliphatic heterocycles. The Bertz CT molecular complexity index is 1110. The molecule has 0 aromatic carbocycles. The molecule has 50 heavy (non-hydrogen) atoms. The maximum atomic E-state index is 5.08. The first-order valence-corrected chi connectivity index (χ1v) is 19.9. The standard InChI is InChI=1S/2C20H37N2.C4H6O.Sr/c2*1-10-13-19(6,7)15-16(20(8,9)14-11-2)22-17(21-15)18(4,5)12-3;1-2-4-5-3-1;/h2*10-14H2,1-9H3;1,3H,2,4H2;/q2*-1;;+2. The smallest absolute Gasteiger partial charge is 0.501 e. The number of aromatic nitrogens is 4. The number of imidazole rings is 2. The topological polar surface area (TPSA) is 63.2 Å². The zero-order valence-electron chi connectivity index (χ0n) is 36.5. The van der Waals surface area contributed by atoms with Gasteiger partial charge in [0.1, 0.15) is 0 Å². The van der Waals surface area contributed by atoms with Crippen molar-refractivity contribution >= 4 is 45.5 Å². The van der Waals surface area contributed by atoms with Crippen LogP contribution in [0.5, 0.6) is 0 Å². The molecule has 0 unspecified atom stereocenters. The van der Waals surface area contributed by atoms with Crippen molar-refractivity contribution in [2.45, 2.75) is 228 Å². The van der Waals surface area contributed by atoms with Gasteiger partial charge in [-0.3, -0.25) is 0 Å². The quantitative estimate of drug-likeness (QED) is 0.159. The van der Waals surface area contributed by atoms with Crippen molar-refractivity contribution in [2.24, 2.45) is 0 Å². The van der Waals surface area contributed by atoms with Gasteiger partial charge in [0.25, 0.3) is 0 Å². The summed E-state index contributed by atoms with van der Waals surface area (Å²) in [7, 11) is 0. The third-order valence-corrected chi connectivity index (χ3v) is 11.0. The molecular weight excluding hydrogens is 688 g/mol. The molecule has 1 aliphatic rings. The minimum absolute atomic E-state index is 0. The summed E-state index contributed by atoms with van der Waals surface area (Å²) in [6.07, 6.45) is 16.3. The average Bonchev–Trinajstić information content (AvgIpc) is 3.80. The average molecular weight is 769 g/mol. The van der Waals surface area contributed by atoms with Crippen molar-refractivity contribution in [3.63, 3.8) is 0 Å². The molecule has 0 N–H and O–H groups in total. The van der Waals surface area contributed by atoms with Gasteiger partial charge in [-0.05, 0) is 77.1 Å². The monoisotopic (exact) mass is 769 g/mol. The van der Waals surface area contributed by atoms with Gasteiger partial charge in [-0.2, -0.15) is 0 Å². The molecule has 2 aromatic rings. The fraction of sp³-hybridized carbons (Fsp3) is 0.818. The maximum absolute atomic E-state index is 5.08. The molecular formula is C44H80N4OSr. The normalized spacial score (nSPS) is 14.0. The van der Waals surface area contributed by atoms with Crippen LogP contribution < -0.4 is 9.97 Å². The molecule has 3 heterocycles. The summed E-state index contributed by atoms with van der Waals surface area (Å²) in [6, 6.07) is 0. The minimum Gasteiger partial charge on any atom is -0.501 e. The molecule has 0 bridgehead atoms.